The number of benzene rings is 2. The number of amides is 1. The highest BCUT2D eigenvalue weighted by molar-refractivity contribution is 7.99. The van der Waals surface area contributed by atoms with Gasteiger partial charge in [0.2, 0.25) is 5.91 Å². The monoisotopic (exact) mass is 365 g/mol. The molecule has 1 saturated heterocycles. The molecule has 2 nitrogen and oxygen atoms in total. The van der Waals surface area contributed by atoms with Crippen molar-refractivity contribution in [2.24, 2.45) is 0 Å². The normalized spacial score (nSPS) is 17.5. The molecule has 1 aliphatic heterocycles. The number of carbonyl (C=O) groups excluding carboxylic acids is 1. The third-order valence-corrected chi connectivity index (χ3v) is 5.59. The van der Waals surface area contributed by atoms with Crippen LogP contribution in [0.4, 0.5) is 0 Å². The highest BCUT2D eigenvalue weighted by Gasteiger charge is 2.30. The highest BCUT2D eigenvalue weighted by Crippen LogP contribution is 2.39. The first-order valence-corrected chi connectivity index (χ1v) is 9.35. The summed E-state index contributed by atoms with van der Waals surface area (Å²) in [6, 6.07) is 15.5. The lowest BCUT2D eigenvalue weighted by atomic mass is 10.1. The molecule has 23 heavy (non-hydrogen) atoms. The van der Waals surface area contributed by atoms with Crippen molar-refractivity contribution in [3.8, 4) is 0 Å². The first-order valence-electron chi connectivity index (χ1n) is 7.54. The van der Waals surface area contributed by atoms with Crippen LogP contribution in [-0.4, -0.2) is 23.1 Å². The Morgan fingerprint density at radius 1 is 1.13 bits per heavy atom. The lowest BCUT2D eigenvalue weighted by molar-refractivity contribution is -0.131. The quantitative estimate of drug-likeness (QED) is 0.741. The topological polar surface area (TPSA) is 20.3 Å². The Morgan fingerprint density at radius 2 is 1.87 bits per heavy atom. The summed E-state index contributed by atoms with van der Waals surface area (Å²) < 4.78 is 0. The molecule has 0 bridgehead atoms. The number of thioether (sulfide) groups is 1. The summed E-state index contributed by atoms with van der Waals surface area (Å²) in [7, 11) is 0. The van der Waals surface area contributed by atoms with Crippen molar-refractivity contribution in [1.82, 2.24) is 4.90 Å². The molecule has 0 spiro atoms. The van der Waals surface area contributed by atoms with Crippen molar-refractivity contribution < 1.29 is 4.79 Å². The van der Waals surface area contributed by atoms with E-state index in [2.05, 4.69) is 0 Å². The van der Waals surface area contributed by atoms with E-state index in [-0.39, 0.29) is 11.3 Å². The van der Waals surface area contributed by atoms with Gasteiger partial charge in [-0.1, -0.05) is 47.5 Å². The van der Waals surface area contributed by atoms with Crippen LogP contribution in [-0.2, 0) is 11.2 Å². The zero-order valence-corrected chi connectivity index (χ0v) is 14.9. The van der Waals surface area contributed by atoms with Crippen molar-refractivity contribution in [2.75, 3.05) is 12.3 Å². The van der Waals surface area contributed by atoms with Gasteiger partial charge < -0.3 is 4.90 Å². The van der Waals surface area contributed by atoms with Gasteiger partial charge in [0.15, 0.2) is 0 Å². The number of hydrogen-bond acceptors (Lipinski definition) is 2. The lowest BCUT2D eigenvalue weighted by Crippen LogP contribution is -2.30. The van der Waals surface area contributed by atoms with Crippen LogP contribution in [0.3, 0.4) is 0 Å². The summed E-state index contributed by atoms with van der Waals surface area (Å²) in [5, 5.41) is 1.49. The molecule has 1 heterocycles. The number of nitrogens with zero attached hydrogens (tertiary/aromatic N) is 1. The van der Waals surface area contributed by atoms with Crippen LogP contribution in [0.2, 0.25) is 10.0 Å². The molecule has 1 amide bonds. The maximum atomic E-state index is 12.6. The first kappa shape index (κ1) is 16.7. The minimum absolute atomic E-state index is 0.0700. The van der Waals surface area contributed by atoms with E-state index in [9.17, 15) is 4.79 Å². The number of hydrogen-bond donors (Lipinski definition) is 0. The fourth-order valence-corrected chi connectivity index (χ4v) is 4.43. The van der Waals surface area contributed by atoms with Crippen molar-refractivity contribution >= 4 is 40.9 Å². The molecule has 0 radical (unpaired) electrons. The van der Waals surface area contributed by atoms with E-state index in [0.29, 0.717) is 22.9 Å². The zero-order valence-electron chi connectivity index (χ0n) is 12.5. The van der Waals surface area contributed by atoms with E-state index in [1.165, 1.54) is 0 Å². The SMILES string of the molecule is O=C(CCc1cccc(Cl)c1)N1CCSC1c1cccc(Cl)c1. The smallest absolute Gasteiger partial charge is 0.224 e. The van der Waals surface area contributed by atoms with Crippen molar-refractivity contribution in [3.63, 3.8) is 0 Å². The fraction of sp³-hybridized carbons (Fsp3) is 0.278. The predicted octanol–water partition coefficient (Wildman–Crippen LogP) is 5.20. The summed E-state index contributed by atoms with van der Waals surface area (Å²) in [6.45, 7) is 0.788. The second-order valence-electron chi connectivity index (χ2n) is 5.50. The molecule has 0 saturated carbocycles. The molecule has 1 unspecified atom stereocenters. The molecule has 0 aromatic heterocycles. The van der Waals surface area contributed by atoms with E-state index >= 15 is 0 Å². The largest absolute Gasteiger partial charge is 0.326 e. The average Bonchev–Trinajstić information content (AvgIpc) is 3.02. The van der Waals surface area contributed by atoms with Gasteiger partial charge in [0.25, 0.3) is 0 Å². The molecule has 120 valence electrons. The van der Waals surface area contributed by atoms with Crippen molar-refractivity contribution in [2.45, 2.75) is 18.2 Å². The Hall–Kier alpha value is -1.16. The first-order chi connectivity index (χ1) is 11.1. The van der Waals surface area contributed by atoms with Crippen LogP contribution < -0.4 is 0 Å². The maximum absolute atomic E-state index is 12.6. The van der Waals surface area contributed by atoms with Gasteiger partial charge in [-0.2, -0.15) is 0 Å². The molecule has 1 fully saturated rings. The standard InChI is InChI=1S/C18H17Cl2NOS/c19-15-5-1-3-13(11-15)7-8-17(22)21-9-10-23-18(21)14-4-2-6-16(20)12-14/h1-6,11-12,18H,7-10H2. The molecule has 2 aromatic carbocycles. The van der Waals surface area contributed by atoms with Crippen LogP contribution in [0, 0.1) is 0 Å². The maximum Gasteiger partial charge on any atom is 0.224 e. The number of carbonyl (C=O) groups is 1. The molecule has 2 aromatic rings. The van der Waals surface area contributed by atoms with E-state index < -0.39 is 0 Å². The predicted molar refractivity (Wildman–Crippen MR) is 98.1 cm³/mol. The minimum atomic E-state index is 0.0700. The second kappa shape index (κ2) is 7.61. The number of aryl methyl sites for hydroxylation is 1. The third kappa shape index (κ3) is 4.23. The Kier molecular flexibility index (Phi) is 5.52. The third-order valence-electron chi connectivity index (χ3n) is 3.86. The molecule has 3 rings (SSSR count). The van der Waals surface area contributed by atoms with Crippen LogP contribution in [0.25, 0.3) is 0 Å². The molecule has 0 aliphatic carbocycles. The summed E-state index contributed by atoms with van der Waals surface area (Å²) in [5.41, 5.74) is 2.19. The fourth-order valence-electron chi connectivity index (χ4n) is 2.75. The average molecular weight is 366 g/mol. The Balaban J connectivity index is 1.66. The zero-order chi connectivity index (χ0) is 16.2. The van der Waals surface area contributed by atoms with Gasteiger partial charge in [-0.25, -0.2) is 0 Å². The minimum Gasteiger partial charge on any atom is -0.326 e. The highest BCUT2D eigenvalue weighted by atomic mass is 35.5. The molecule has 1 aliphatic rings. The van der Waals surface area contributed by atoms with Crippen LogP contribution >= 0.6 is 35.0 Å². The van der Waals surface area contributed by atoms with E-state index in [1.807, 2.05) is 53.4 Å². The summed E-state index contributed by atoms with van der Waals surface area (Å²) in [6.07, 6.45) is 1.21. The lowest BCUT2D eigenvalue weighted by Gasteiger charge is -2.24. The van der Waals surface area contributed by atoms with Gasteiger partial charge in [-0.05, 0) is 41.8 Å². The second-order valence-corrected chi connectivity index (χ2v) is 7.56. The summed E-state index contributed by atoms with van der Waals surface area (Å²) in [5.74, 6) is 1.14. The van der Waals surface area contributed by atoms with Crippen molar-refractivity contribution in [1.29, 1.82) is 0 Å². The van der Waals surface area contributed by atoms with E-state index in [4.69, 9.17) is 23.2 Å². The van der Waals surface area contributed by atoms with Gasteiger partial charge in [-0.3, -0.25) is 4.79 Å². The molecular formula is C18H17Cl2NOS. The van der Waals surface area contributed by atoms with Crippen molar-refractivity contribution in [3.05, 3.63) is 69.7 Å². The molecule has 0 N–H and O–H groups in total. The van der Waals surface area contributed by atoms with Gasteiger partial charge in [0, 0.05) is 28.8 Å². The van der Waals surface area contributed by atoms with Gasteiger partial charge in [-0.15, -0.1) is 11.8 Å². The molecular weight excluding hydrogens is 349 g/mol. The van der Waals surface area contributed by atoms with Crippen LogP contribution in [0.5, 0.6) is 0 Å². The Morgan fingerprint density at radius 3 is 2.61 bits per heavy atom. The van der Waals surface area contributed by atoms with E-state index in [1.54, 1.807) is 11.8 Å². The van der Waals surface area contributed by atoms with Gasteiger partial charge >= 0.3 is 0 Å². The summed E-state index contributed by atoms with van der Waals surface area (Å²) in [4.78, 5) is 14.6. The van der Waals surface area contributed by atoms with Crippen LogP contribution in [0.15, 0.2) is 48.5 Å². The Labute approximate surface area is 150 Å². The molecule has 5 heteroatoms. The number of rotatable bonds is 4. The summed E-state index contributed by atoms with van der Waals surface area (Å²) >= 11 is 13.9. The van der Waals surface area contributed by atoms with E-state index in [0.717, 1.165) is 23.4 Å². The van der Waals surface area contributed by atoms with Crippen LogP contribution in [0.1, 0.15) is 22.9 Å². The van der Waals surface area contributed by atoms with Gasteiger partial charge in [0.05, 0.1) is 0 Å². The molecule has 1 atom stereocenters. The number of halogens is 2. The van der Waals surface area contributed by atoms with Gasteiger partial charge in [0.1, 0.15) is 5.37 Å². The Bertz CT molecular complexity index is 707.